The topological polar surface area (TPSA) is 83.7 Å². The van der Waals surface area contributed by atoms with Crippen LogP contribution in [-0.2, 0) is 10.0 Å². The Morgan fingerprint density at radius 1 is 1.03 bits per heavy atom. The van der Waals surface area contributed by atoms with E-state index in [1.165, 1.54) is 6.07 Å². The number of hydrogen-bond donors (Lipinski definition) is 0. The summed E-state index contributed by atoms with van der Waals surface area (Å²) in [7, 11) is -3.65. The first kappa shape index (κ1) is 23.1. The zero-order valence-corrected chi connectivity index (χ0v) is 20.5. The number of rotatable bonds is 4. The molecule has 7 nitrogen and oxygen atoms in total. The van der Waals surface area contributed by atoms with Gasteiger partial charge in [0.1, 0.15) is 5.52 Å². The average Bonchev–Trinajstić information content (AvgIpc) is 3.28. The molecule has 0 N–H and O–H groups in total. The average molecular weight is 482 g/mol. The van der Waals surface area contributed by atoms with Crippen LogP contribution in [0.1, 0.15) is 55.3 Å². The zero-order valence-electron chi connectivity index (χ0n) is 19.7. The fraction of sp³-hybridized carbons (Fsp3) is 0.462. The Morgan fingerprint density at radius 3 is 2.56 bits per heavy atom. The number of likely N-dealkylation sites (tertiary alicyclic amines) is 1. The van der Waals surface area contributed by atoms with E-state index in [-0.39, 0.29) is 16.7 Å². The molecule has 3 aromatic rings. The summed E-state index contributed by atoms with van der Waals surface area (Å²) in [5.41, 5.74) is 1.97. The minimum atomic E-state index is -3.65. The Labute approximate surface area is 200 Å². The minimum absolute atomic E-state index is 0.0216. The second kappa shape index (κ2) is 9.15. The number of piperidine rings is 2. The number of para-hydroxylation sites is 2. The molecule has 3 heterocycles. The lowest BCUT2D eigenvalue weighted by Gasteiger charge is -2.34. The molecule has 1 aromatic heterocycles. The third kappa shape index (κ3) is 4.49. The Bertz CT molecular complexity index is 1260. The maximum absolute atomic E-state index is 13.4. The van der Waals surface area contributed by atoms with E-state index < -0.39 is 10.0 Å². The van der Waals surface area contributed by atoms with Crippen LogP contribution in [0.15, 0.2) is 57.8 Å². The molecule has 0 saturated carbocycles. The lowest BCUT2D eigenvalue weighted by atomic mass is 9.94. The van der Waals surface area contributed by atoms with Gasteiger partial charge in [-0.2, -0.15) is 4.31 Å². The monoisotopic (exact) mass is 481 g/mol. The van der Waals surface area contributed by atoms with Gasteiger partial charge in [0.05, 0.1) is 10.8 Å². The van der Waals surface area contributed by atoms with E-state index in [0.29, 0.717) is 49.5 Å². The first-order valence-electron chi connectivity index (χ1n) is 12.1. The smallest absolute Gasteiger partial charge is 0.253 e. The molecule has 0 aliphatic carbocycles. The van der Waals surface area contributed by atoms with Gasteiger partial charge in [0, 0.05) is 31.7 Å². The fourth-order valence-electron chi connectivity index (χ4n) is 5.35. The molecule has 2 aliphatic rings. The first-order chi connectivity index (χ1) is 16.3. The van der Waals surface area contributed by atoms with E-state index >= 15 is 0 Å². The Hall–Kier alpha value is -2.71. The number of benzene rings is 2. The maximum atomic E-state index is 13.4. The van der Waals surface area contributed by atoms with Crippen molar-refractivity contribution in [2.75, 3.05) is 26.2 Å². The van der Waals surface area contributed by atoms with E-state index in [1.54, 1.807) is 27.4 Å². The molecule has 3 unspecified atom stereocenters. The molecular weight excluding hydrogens is 450 g/mol. The number of carbonyl (C=O) groups excluding carboxylic acids is 1. The lowest BCUT2D eigenvalue weighted by Crippen LogP contribution is -2.42. The van der Waals surface area contributed by atoms with Gasteiger partial charge in [0.15, 0.2) is 11.5 Å². The number of oxazole rings is 1. The van der Waals surface area contributed by atoms with Crippen molar-refractivity contribution >= 4 is 27.0 Å². The summed E-state index contributed by atoms with van der Waals surface area (Å²) in [6.45, 7) is 6.34. The van der Waals surface area contributed by atoms with Crippen molar-refractivity contribution in [3.63, 3.8) is 0 Å². The molecule has 2 aromatic carbocycles. The molecule has 2 aliphatic heterocycles. The predicted molar refractivity (Wildman–Crippen MR) is 130 cm³/mol. The van der Waals surface area contributed by atoms with Crippen LogP contribution in [-0.4, -0.2) is 54.7 Å². The summed E-state index contributed by atoms with van der Waals surface area (Å²) in [6, 6.07) is 14.2. The van der Waals surface area contributed by atoms with Crippen LogP contribution >= 0.6 is 0 Å². The molecule has 34 heavy (non-hydrogen) atoms. The summed E-state index contributed by atoms with van der Waals surface area (Å²) in [5.74, 6) is 1.16. The number of aromatic nitrogens is 1. The van der Waals surface area contributed by atoms with E-state index in [4.69, 9.17) is 4.42 Å². The maximum Gasteiger partial charge on any atom is 0.253 e. The second-order valence-electron chi connectivity index (χ2n) is 9.91. The predicted octanol–water partition coefficient (Wildman–Crippen LogP) is 4.51. The van der Waals surface area contributed by atoms with Crippen molar-refractivity contribution in [3.8, 4) is 0 Å². The Morgan fingerprint density at radius 2 is 1.79 bits per heavy atom. The zero-order chi connectivity index (χ0) is 23.9. The quantitative estimate of drug-likeness (QED) is 0.547. The summed E-state index contributed by atoms with van der Waals surface area (Å²) in [6.07, 6.45) is 2.77. The van der Waals surface area contributed by atoms with Crippen molar-refractivity contribution in [1.29, 1.82) is 0 Å². The highest BCUT2D eigenvalue weighted by Gasteiger charge is 2.33. The highest BCUT2D eigenvalue weighted by Crippen LogP contribution is 2.31. The van der Waals surface area contributed by atoms with Crippen LogP contribution in [0.4, 0.5) is 0 Å². The number of nitrogens with zero attached hydrogens (tertiary/aromatic N) is 3. The SMILES string of the molecule is CC1CC(C)CN(S(=O)(=O)c2cccc(C(=O)N3CCCC(c4nc5ccccc5o4)C3)c2)C1. The lowest BCUT2D eigenvalue weighted by molar-refractivity contribution is 0.0698. The summed E-state index contributed by atoms with van der Waals surface area (Å²) in [4.78, 5) is 20.0. The third-order valence-electron chi connectivity index (χ3n) is 6.92. The van der Waals surface area contributed by atoms with Gasteiger partial charge < -0.3 is 9.32 Å². The number of amides is 1. The van der Waals surface area contributed by atoms with Gasteiger partial charge in [0.25, 0.3) is 5.91 Å². The highest BCUT2D eigenvalue weighted by molar-refractivity contribution is 7.89. The van der Waals surface area contributed by atoms with Crippen molar-refractivity contribution in [2.24, 2.45) is 11.8 Å². The van der Waals surface area contributed by atoms with E-state index in [2.05, 4.69) is 18.8 Å². The van der Waals surface area contributed by atoms with E-state index in [1.807, 2.05) is 24.3 Å². The molecule has 0 radical (unpaired) electrons. The molecule has 2 saturated heterocycles. The van der Waals surface area contributed by atoms with E-state index in [9.17, 15) is 13.2 Å². The van der Waals surface area contributed by atoms with Crippen molar-refractivity contribution in [2.45, 2.75) is 43.9 Å². The number of hydrogen-bond acceptors (Lipinski definition) is 5. The van der Waals surface area contributed by atoms with Crippen molar-refractivity contribution in [3.05, 3.63) is 60.0 Å². The summed E-state index contributed by atoms with van der Waals surface area (Å²) >= 11 is 0. The normalized spacial score (nSPS) is 24.4. The molecule has 0 bridgehead atoms. The van der Waals surface area contributed by atoms with Crippen molar-refractivity contribution < 1.29 is 17.6 Å². The molecule has 180 valence electrons. The fourth-order valence-corrected chi connectivity index (χ4v) is 7.08. The third-order valence-corrected chi connectivity index (χ3v) is 8.75. The standard InChI is InChI=1S/C26H31N3O4S/c1-18-13-19(2)16-29(15-18)34(31,32)22-9-5-7-20(14-22)26(30)28-12-6-8-21(17-28)25-27-23-10-3-4-11-24(23)33-25/h3-5,7,9-11,14,18-19,21H,6,8,12-13,15-17H2,1-2H3. The minimum Gasteiger partial charge on any atom is -0.440 e. The van der Waals surface area contributed by atoms with Crippen LogP contribution in [0.5, 0.6) is 0 Å². The van der Waals surface area contributed by atoms with Gasteiger partial charge in [-0.3, -0.25) is 4.79 Å². The van der Waals surface area contributed by atoms with Gasteiger partial charge in [-0.15, -0.1) is 0 Å². The van der Waals surface area contributed by atoms with Gasteiger partial charge in [-0.05, 0) is 61.4 Å². The van der Waals surface area contributed by atoms with Crippen LogP contribution in [0.2, 0.25) is 0 Å². The summed E-state index contributed by atoms with van der Waals surface area (Å²) in [5, 5.41) is 0. The van der Waals surface area contributed by atoms with Gasteiger partial charge in [-0.25, -0.2) is 13.4 Å². The van der Waals surface area contributed by atoms with Crippen LogP contribution in [0.25, 0.3) is 11.1 Å². The molecule has 3 atom stereocenters. The Balaban J connectivity index is 1.35. The molecule has 8 heteroatoms. The molecule has 0 spiro atoms. The number of carbonyl (C=O) groups is 1. The van der Waals surface area contributed by atoms with Gasteiger partial charge in [0.2, 0.25) is 10.0 Å². The van der Waals surface area contributed by atoms with Crippen LogP contribution in [0, 0.1) is 11.8 Å². The molecule has 5 rings (SSSR count). The number of sulfonamides is 1. The highest BCUT2D eigenvalue weighted by atomic mass is 32.2. The Kier molecular flexibility index (Phi) is 6.20. The largest absolute Gasteiger partial charge is 0.440 e. The summed E-state index contributed by atoms with van der Waals surface area (Å²) < 4.78 is 34.2. The van der Waals surface area contributed by atoms with E-state index in [0.717, 1.165) is 30.4 Å². The van der Waals surface area contributed by atoms with Crippen LogP contribution < -0.4 is 0 Å². The molecule has 1 amide bonds. The second-order valence-corrected chi connectivity index (χ2v) is 11.8. The van der Waals surface area contributed by atoms with Crippen LogP contribution in [0.3, 0.4) is 0 Å². The molecule has 2 fully saturated rings. The van der Waals surface area contributed by atoms with Gasteiger partial charge in [-0.1, -0.05) is 32.0 Å². The number of fused-ring (bicyclic) bond motifs is 1. The van der Waals surface area contributed by atoms with Gasteiger partial charge >= 0.3 is 0 Å². The first-order valence-corrected chi connectivity index (χ1v) is 13.5. The van der Waals surface area contributed by atoms with Crippen molar-refractivity contribution in [1.82, 2.24) is 14.2 Å². The molecular formula is C26H31N3O4S.